The number of rotatable bonds is 7. The maximum absolute atomic E-state index is 15.1. The summed E-state index contributed by atoms with van der Waals surface area (Å²) in [5.74, 6) is -2.68. The summed E-state index contributed by atoms with van der Waals surface area (Å²) >= 11 is 0. The number of halogens is 3. The normalized spacial score (nSPS) is 21.6. The van der Waals surface area contributed by atoms with E-state index in [4.69, 9.17) is 0 Å². The molecule has 4 rings (SSSR count). The largest absolute Gasteiger partial charge is 0.503 e. The van der Waals surface area contributed by atoms with Gasteiger partial charge in [-0.2, -0.15) is 0 Å². The summed E-state index contributed by atoms with van der Waals surface area (Å²) in [7, 11) is -1.84. The van der Waals surface area contributed by atoms with Crippen LogP contribution in [0.15, 0.2) is 66.7 Å². The minimum Gasteiger partial charge on any atom is -0.503 e. The van der Waals surface area contributed by atoms with Gasteiger partial charge >= 0.3 is 0 Å². The Balaban J connectivity index is 1.65. The molecule has 1 unspecified atom stereocenters. The van der Waals surface area contributed by atoms with Crippen molar-refractivity contribution in [1.29, 1.82) is 0 Å². The van der Waals surface area contributed by atoms with Gasteiger partial charge < -0.3 is 5.11 Å². The Morgan fingerprint density at radius 1 is 0.970 bits per heavy atom. The Bertz CT molecular complexity index is 1060. The summed E-state index contributed by atoms with van der Waals surface area (Å²) in [6, 6.07) is 24.1. The van der Waals surface area contributed by atoms with Gasteiger partial charge in [-0.25, -0.2) is 13.2 Å². The summed E-state index contributed by atoms with van der Waals surface area (Å²) in [5, 5.41) is 11.4. The van der Waals surface area contributed by atoms with E-state index in [1.54, 1.807) is 19.1 Å². The molecule has 0 bridgehead atoms. The van der Waals surface area contributed by atoms with Gasteiger partial charge in [0.2, 0.25) is 0 Å². The molecule has 1 N–H and O–H groups in total. The molecule has 0 saturated carbocycles. The molecule has 5 heteroatoms. The van der Waals surface area contributed by atoms with Gasteiger partial charge in [0.05, 0.1) is 14.2 Å². The topological polar surface area (TPSA) is 20.2 Å². The second-order valence-corrected chi connectivity index (χ2v) is 14.1. The summed E-state index contributed by atoms with van der Waals surface area (Å²) in [4.78, 5) is 0. The van der Waals surface area contributed by atoms with E-state index in [1.807, 2.05) is 24.3 Å². The van der Waals surface area contributed by atoms with Gasteiger partial charge in [0.25, 0.3) is 0 Å². The van der Waals surface area contributed by atoms with Crippen LogP contribution in [0.4, 0.5) is 13.2 Å². The second kappa shape index (κ2) is 10.2. The number of benzene rings is 3. The van der Waals surface area contributed by atoms with E-state index in [9.17, 15) is 13.9 Å². The van der Waals surface area contributed by atoms with Crippen molar-refractivity contribution in [3.63, 3.8) is 0 Å². The minimum absolute atomic E-state index is 0.0224. The lowest BCUT2D eigenvalue weighted by Crippen LogP contribution is -2.49. The fraction of sp³-hybridized carbons (Fsp3) is 0.357. The van der Waals surface area contributed by atoms with Crippen molar-refractivity contribution >= 4 is 13.3 Å². The third kappa shape index (κ3) is 5.03. The number of alkyl halides is 1. The van der Waals surface area contributed by atoms with Crippen molar-refractivity contribution in [3.8, 4) is 16.9 Å². The van der Waals surface area contributed by atoms with Gasteiger partial charge in [-0.05, 0) is 49.3 Å². The zero-order valence-corrected chi connectivity index (χ0v) is 20.0. The number of phenols is 1. The fourth-order valence-electron chi connectivity index (χ4n) is 5.53. The molecule has 0 amide bonds. The highest BCUT2D eigenvalue weighted by molar-refractivity contribution is 6.92. The lowest BCUT2D eigenvalue weighted by Gasteiger charge is -2.40. The Kier molecular flexibility index (Phi) is 7.28. The zero-order chi connectivity index (χ0) is 23.4. The van der Waals surface area contributed by atoms with Crippen molar-refractivity contribution in [1.82, 2.24) is 0 Å². The highest BCUT2D eigenvalue weighted by Crippen LogP contribution is 2.46. The Labute approximate surface area is 195 Å². The maximum atomic E-state index is 15.1. The number of aromatic hydroxyl groups is 1. The first kappa shape index (κ1) is 23.6. The van der Waals surface area contributed by atoms with Crippen molar-refractivity contribution in [2.45, 2.75) is 62.8 Å². The van der Waals surface area contributed by atoms with Gasteiger partial charge in [0.15, 0.2) is 17.4 Å². The minimum atomic E-state index is -1.84. The van der Waals surface area contributed by atoms with Crippen LogP contribution in [0, 0.1) is 11.6 Å². The van der Waals surface area contributed by atoms with Crippen molar-refractivity contribution in [2.75, 3.05) is 0 Å². The maximum Gasteiger partial charge on any atom is 0.188 e. The highest BCUT2D eigenvalue weighted by atomic mass is 28.3. The van der Waals surface area contributed by atoms with Crippen LogP contribution < -0.4 is 5.19 Å². The third-order valence-corrected chi connectivity index (χ3v) is 12.7. The monoisotopic (exact) mass is 468 g/mol. The predicted octanol–water partition coefficient (Wildman–Crippen LogP) is 7.71. The highest BCUT2D eigenvalue weighted by Gasteiger charge is 2.40. The molecule has 1 aliphatic rings. The first-order valence-corrected chi connectivity index (χ1v) is 14.5. The van der Waals surface area contributed by atoms with E-state index < -0.39 is 31.6 Å². The quantitative estimate of drug-likeness (QED) is 0.352. The molecule has 3 aromatic rings. The molecule has 33 heavy (non-hydrogen) atoms. The average molecular weight is 469 g/mol. The Hall–Kier alpha value is -2.53. The van der Waals surface area contributed by atoms with E-state index in [2.05, 4.69) is 24.3 Å². The molecule has 0 aromatic heterocycles. The molecule has 0 radical (unpaired) electrons. The SMILES string of the molecule is CC(F)CCC[Si]1(c2ccccc2)CCC(c2cc(F)c(O)c(F)c2-c2ccccc2)CC1. The standard InChI is InChI=1S/C28H31F3OSi/c1-20(29)9-8-16-33(23-12-6-3-7-13-23)17-14-21(15-18-33)24-19-25(30)28(32)27(31)26(24)22-10-4-2-5-11-22/h2-7,10-13,19-21,32H,8-9,14-18H2,1H3. The second-order valence-electron chi connectivity index (χ2n) is 9.44. The van der Waals surface area contributed by atoms with Crippen LogP contribution in [0.3, 0.4) is 0 Å². The zero-order valence-electron chi connectivity index (χ0n) is 19.0. The van der Waals surface area contributed by atoms with Crippen molar-refractivity contribution in [3.05, 3.63) is 83.9 Å². The van der Waals surface area contributed by atoms with Gasteiger partial charge in [-0.3, -0.25) is 0 Å². The summed E-state index contributed by atoms with van der Waals surface area (Å²) in [6.45, 7) is 1.62. The van der Waals surface area contributed by atoms with Crippen LogP contribution in [-0.2, 0) is 0 Å². The summed E-state index contributed by atoms with van der Waals surface area (Å²) < 4.78 is 43.0. The Morgan fingerprint density at radius 3 is 2.18 bits per heavy atom. The summed E-state index contributed by atoms with van der Waals surface area (Å²) in [5.41, 5.74) is 1.59. The number of hydrogen-bond acceptors (Lipinski definition) is 1. The van der Waals surface area contributed by atoms with Crippen LogP contribution in [0.5, 0.6) is 5.75 Å². The molecule has 174 valence electrons. The molecule has 1 saturated heterocycles. The number of phenolic OH excluding ortho intramolecular Hbond substituents is 1. The van der Waals surface area contributed by atoms with E-state index >= 15 is 4.39 Å². The van der Waals surface area contributed by atoms with Crippen LogP contribution in [0.1, 0.15) is 44.1 Å². The molecule has 1 fully saturated rings. The van der Waals surface area contributed by atoms with Crippen LogP contribution in [0.2, 0.25) is 18.1 Å². The molecular weight excluding hydrogens is 437 g/mol. The third-order valence-electron chi connectivity index (χ3n) is 7.31. The van der Waals surface area contributed by atoms with Gasteiger partial charge in [0, 0.05) is 5.56 Å². The van der Waals surface area contributed by atoms with E-state index in [0.717, 1.165) is 37.4 Å². The van der Waals surface area contributed by atoms with Gasteiger partial charge in [0.1, 0.15) is 0 Å². The van der Waals surface area contributed by atoms with Crippen molar-refractivity contribution in [2.24, 2.45) is 0 Å². The van der Waals surface area contributed by atoms with Crippen LogP contribution in [0.25, 0.3) is 11.1 Å². The molecule has 1 nitrogen and oxygen atoms in total. The molecule has 0 aliphatic carbocycles. The first-order chi connectivity index (χ1) is 15.9. The lowest BCUT2D eigenvalue weighted by molar-refractivity contribution is 0.338. The molecule has 1 aliphatic heterocycles. The predicted molar refractivity (Wildman–Crippen MR) is 131 cm³/mol. The van der Waals surface area contributed by atoms with E-state index in [1.165, 1.54) is 11.3 Å². The molecule has 0 spiro atoms. The molecule has 1 heterocycles. The molecule has 1 atom stereocenters. The Morgan fingerprint density at radius 2 is 1.58 bits per heavy atom. The molecule has 3 aromatic carbocycles. The average Bonchev–Trinajstić information content (AvgIpc) is 2.83. The number of hydrogen-bond donors (Lipinski definition) is 1. The van der Waals surface area contributed by atoms with Crippen LogP contribution >= 0.6 is 0 Å². The van der Waals surface area contributed by atoms with E-state index in [-0.39, 0.29) is 5.92 Å². The summed E-state index contributed by atoms with van der Waals surface area (Å²) in [6.07, 6.45) is 2.35. The first-order valence-electron chi connectivity index (χ1n) is 11.9. The van der Waals surface area contributed by atoms with Gasteiger partial charge in [-0.15, -0.1) is 0 Å². The fourth-order valence-corrected chi connectivity index (χ4v) is 10.7. The smallest absolute Gasteiger partial charge is 0.188 e. The molecular formula is C28H31F3OSi. The van der Waals surface area contributed by atoms with Crippen LogP contribution in [-0.4, -0.2) is 19.4 Å². The van der Waals surface area contributed by atoms with Crippen molar-refractivity contribution < 1.29 is 18.3 Å². The lowest BCUT2D eigenvalue weighted by atomic mass is 9.86. The van der Waals surface area contributed by atoms with E-state index in [0.29, 0.717) is 23.1 Å². The van der Waals surface area contributed by atoms with Gasteiger partial charge in [-0.1, -0.05) is 90.4 Å².